The number of carbonyl (C=O) groups is 2. The molecule has 0 N–H and O–H groups in total. The Kier molecular flexibility index (Phi) is 2.81. The Hall–Kier alpha value is -0.920. The van der Waals surface area contributed by atoms with Crippen LogP contribution in [0.5, 0.6) is 0 Å². The fourth-order valence-electron chi connectivity index (χ4n) is 6.37. The van der Waals surface area contributed by atoms with Gasteiger partial charge < -0.3 is 0 Å². The summed E-state index contributed by atoms with van der Waals surface area (Å²) in [4.78, 5) is 24.5. The summed E-state index contributed by atoms with van der Waals surface area (Å²) in [5.74, 6) is 1.01. The van der Waals surface area contributed by atoms with Gasteiger partial charge in [0.05, 0.1) is 0 Å². The number of hydrogen-bond acceptors (Lipinski definition) is 2. The first-order chi connectivity index (χ1) is 9.96. The Morgan fingerprint density at radius 1 is 1.14 bits per heavy atom. The predicted octanol–water partition coefficient (Wildman–Crippen LogP) is 4.09. The van der Waals surface area contributed by atoms with Crippen molar-refractivity contribution in [3.63, 3.8) is 0 Å². The highest BCUT2D eigenvalue weighted by Gasteiger charge is 2.60. The minimum atomic E-state index is -0.0849. The summed E-state index contributed by atoms with van der Waals surface area (Å²) in [5.41, 5.74) is 1.95. The smallest absolute Gasteiger partial charge is 0.202 e. The standard InChI is InChI=1S/C19H26O2/c1-18-10-8-14-13(16(18)17(21)15(20)11-18)7-6-12-5-3-4-9-19(12,14)2/h5,13-14,16H,3-4,6-11H2,1-2H3/t13-,14+,16-,18-,19+/m1/s1. The highest BCUT2D eigenvalue weighted by molar-refractivity contribution is 6.40. The second-order valence-electron chi connectivity index (χ2n) is 8.48. The molecule has 0 spiro atoms. The second-order valence-corrected chi connectivity index (χ2v) is 8.48. The van der Waals surface area contributed by atoms with Crippen LogP contribution in [0.15, 0.2) is 11.6 Å². The lowest BCUT2D eigenvalue weighted by molar-refractivity contribution is -0.139. The maximum Gasteiger partial charge on any atom is 0.202 e. The zero-order valence-corrected chi connectivity index (χ0v) is 13.3. The molecule has 3 saturated carbocycles. The third kappa shape index (κ3) is 1.71. The number of Topliss-reactive ketones (excluding diaryl/α,β-unsaturated/α-hetero) is 2. The Balaban J connectivity index is 1.74. The van der Waals surface area contributed by atoms with E-state index in [1.54, 1.807) is 5.57 Å². The van der Waals surface area contributed by atoms with E-state index in [2.05, 4.69) is 19.9 Å². The quantitative estimate of drug-likeness (QED) is 0.496. The van der Waals surface area contributed by atoms with Crippen LogP contribution in [-0.2, 0) is 9.59 Å². The average molecular weight is 286 g/mol. The van der Waals surface area contributed by atoms with Gasteiger partial charge >= 0.3 is 0 Å². The van der Waals surface area contributed by atoms with Gasteiger partial charge in [0.15, 0.2) is 5.78 Å². The summed E-state index contributed by atoms with van der Waals surface area (Å²) in [6.45, 7) is 4.64. The van der Waals surface area contributed by atoms with E-state index >= 15 is 0 Å². The van der Waals surface area contributed by atoms with Gasteiger partial charge in [-0.25, -0.2) is 0 Å². The average Bonchev–Trinajstić information content (AvgIpc) is 2.68. The van der Waals surface area contributed by atoms with E-state index in [-0.39, 0.29) is 22.9 Å². The summed E-state index contributed by atoms with van der Waals surface area (Å²) >= 11 is 0. The van der Waals surface area contributed by atoms with E-state index in [1.165, 1.54) is 25.7 Å². The monoisotopic (exact) mass is 286 g/mol. The van der Waals surface area contributed by atoms with Crippen LogP contribution in [0.3, 0.4) is 0 Å². The molecule has 0 amide bonds. The van der Waals surface area contributed by atoms with Crippen LogP contribution < -0.4 is 0 Å². The van der Waals surface area contributed by atoms with Crippen LogP contribution in [0.4, 0.5) is 0 Å². The van der Waals surface area contributed by atoms with Crippen LogP contribution in [0.2, 0.25) is 0 Å². The molecule has 4 rings (SSSR count). The van der Waals surface area contributed by atoms with Gasteiger partial charge in [0.2, 0.25) is 5.78 Å². The molecule has 2 heteroatoms. The van der Waals surface area contributed by atoms with Crippen LogP contribution >= 0.6 is 0 Å². The van der Waals surface area contributed by atoms with Crippen LogP contribution in [0.25, 0.3) is 0 Å². The Morgan fingerprint density at radius 3 is 2.76 bits per heavy atom. The maximum atomic E-state index is 12.5. The number of carbonyl (C=O) groups excluding carboxylic acids is 2. The van der Waals surface area contributed by atoms with E-state index in [0.29, 0.717) is 23.7 Å². The molecule has 0 radical (unpaired) electrons. The van der Waals surface area contributed by atoms with Crippen molar-refractivity contribution in [3.8, 4) is 0 Å². The summed E-state index contributed by atoms with van der Waals surface area (Å²) in [6, 6.07) is 0. The molecule has 0 aromatic rings. The lowest BCUT2D eigenvalue weighted by Gasteiger charge is -2.56. The molecule has 0 heterocycles. The minimum absolute atomic E-state index is 0.0262. The Morgan fingerprint density at radius 2 is 1.95 bits per heavy atom. The van der Waals surface area contributed by atoms with Gasteiger partial charge in [0.25, 0.3) is 0 Å². The molecule has 2 nitrogen and oxygen atoms in total. The maximum absolute atomic E-state index is 12.5. The highest BCUT2D eigenvalue weighted by Crippen LogP contribution is 2.64. The number of rotatable bonds is 0. The molecule has 114 valence electrons. The SMILES string of the molecule is C[C@]12CC[C@H]3[C@@H](CCC4=CCCC[C@@]43C)[C@@H]1C(=O)C(=O)C2. The first-order valence-electron chi connectivity index (χ1n) is 8.72. The fourth-order valence-corrected chi connectivity index (χ4v) is 6.37. The minimum Gasteiger partial charge on any atom is -0.291 e. The zero-order valence-electron chi connectivity index (χ0n) is 13.3. The van der Waals surface area contributed by atoms with Gasteiger partial charge in [-0.2, -0.15) is 0 Å². The van der Waals surface area contributed by atoms with Crippen molar-refractivity contribution in [2.24, 2.45) is 28.6 Å². The Bertz CT molecular complexity index is 546. The van der Waals surface area contributed by atoms with Gasteiger partial charge in [-0.05, 0) is 67.6 Å². The van der Waals surface area contributed by atoms with Crippen molar-refractivity contribution in [1.82, 2.24) is 0 Å². The van der Waals surface area contributed by atoms with Gasteiger partial charge in [-0.15, -0.1) is 0 Å². The van der Waals surface area contributed by atoms with Crippen molar-refractivity contribution in [1.29, 1.82) is 0 Å². The number of allylic oxidation sites excluding steroid dienone is 2. The van der Waals surface area contributed by atoms with E-state index in [0.717, 1.165) is 19.3 Å². The fraction of sp³-hybridized carbons (Fsp3) is 0.789. The van der Waals surface area contributed by atoms with Crippen molar-refractivity contribution >= 4 is 11.6 Å². The van der Waals surface area contributed by atoms with Gasteiger partial charge in [0.1, 0.15) is 0 Å². The first-order valence-corrected chi connectivity index (χ1v) is 8.72. The molecule has 0 aromatic carbocycles. The summed E-state index contributed by atoms with van der Waals surface area (Å²) < 4.78 is 0. The van der Waals surface area contributed by atoms with Crippen LogP contribution in [-0.4, -0.2) is 11.6 Å². The molecule has 5 atom stereocenters. The summed E-state index contributed by atoms with van der Waals surface area (Å²) in [6.07, 6.45) is 11.4. The van der Waals surface area contributed by atoms with E-state index in [4.69, 9.17) is 0 Å². The van der Waals surface area contributed by atoms with Crippen molar-refractivity contribution in [3.05, 3.63) is 11.6 Å². The highest BCUT2D eigenvalue weighted by atomic mass is 16.2. The molecular formula is C19H26O2. The number of hydrogen-bond donors (Lipinski definition) is 0. The predicted molar refractivity (Wildman–Crippen MR) is 81.7 cm³/mol. The molecule has 4 aliphatic rings. The third-order valence-electron chi connectivity index (χ3n) is 7.43. The first kappa shape index (κ1) is 13.7. The molecule has 0 aliphatic heterocycles. The second kappa shape index (κ2) is 4.30. The molecule has 21 heavy (non-hydrogen) atoms. The summed E-state index contributed by atoms with van der Waals surface area (Å²) in [7, 11) is 0. The molecule has 3 fully saturated rings. The van der Waals surface area contributed by atoms with E-state index in [9.17, 15) is 9.59 Å². The van der Waals surface area contributed by atoms with E-state index in [1.807, 2.05) is 0 Å². The van der Waals surface area contributed by atoms with Gasteiger partial charge in [-0.3, -0.25) is 9.59 Å². The lowest BCUT2D eigenvalue weighted by Crippen LogP contribution is -2.50. The molecule has 4 aliphatic carbocycles. The Labute approximate surface area is 127 Å². The van der Waals surface area contributed by atoms with Gasteiger partial charge in [-0.1, -0.05) is 25.5 Å². The molecule has 0 bridgehead atoms. The van der Waals surface area contributed by atoms with Gasteiger partial charge in [0, 0.05) is 12.3 Å². The van der Waals surface area contributed by atoms with E-state index < -0.39 is 0 Å². The number of ketones is 2. The van der Waals surface area contributed by atoms with Crippen LogP contribution in [0.1, 0.15) is 65.2 Å². The number of fused-ring (bicyclic) bond motifs is 5. The largest absolute Gasteiger partial charge is 0.291 e. The third-order valence-corrected chi connectivity index (χ3v) is 7.43. The molecule has 0 saturated heterocycles. The van der Waals surface area contributed by atoms with Crippen molar-refractivity contribution < 1.29 is 9.59 Å². The zero-order chi connectivity index (χ0) is 14.8. The van der Waals surface area contributed by atoms with Crippen molar-refractivity contribution in [2.45, 2.75) is 65.2 Å². The molecular weight excluding hydrogens is 260 g/mol. The van der Waals surface area contributed by atoms with Crippen LogP contribution in [0, 0.1) is 28.6 Å². The topological polar surface area (TPSA) is 34.1 Å². The molecule has 0 unspecified atom stereocenters. The normalized spacial score (nSPS) is 49.2. The summed E-state index contributed by atoms with van der Waals surface area (Å²) in [5, 5.41) is 0. The van der Waals surface area contributed by atoms with Crippen molar-refractivity contribution in [2.75, 3.05) is 0 Å². The lowest BCUT2D eigenvalue weighted by atomic mass is 9.47. The molecule has 0 aromatic heterocycles.